The van der Waals surface area contributed by atoms with E-state index in [0.29, 0.717) is 11.6 Å². The summed E-state index contributed by atoms with van der Waals surface area (Å²) in [4.78, 5) is 18.9. The molecule has 0 amide bonds. The minimum Gasteiger partial charge on any atom is -0.484 e. The number of carboxylic acids is 1. The molecule has 0 fully saturated rings. The Labute approximate surface area is 95.4 Å². The van der Waals surface area contributed by atoms with Crippen molar-refractivity contribution in [3.63, 3.8) is 0 Å². The third-order valence-electron chi connectivity index (χ3n) is 1.80. The van der Waals surface area contributed by atoms with Gasteiger partial charge in [0, 0.05) is 12.4 Å². The maximum Gasteiger partial charge on any atom is 0.349 e. The summed E-state index contributed by atoms with van der Waals surface area (Å²) in [6.07, 6.45) is 3.22. The molecule has 0 aliphatic rings. The highest BCUT2D eigenvalue weighted by Crippen LogP contribution is 2.25. The Balaban J connectivity index is 2.05. The van der Waals surface area contributed by atoms with Crippen LogP contribution in [0.2, 0.25) is 0 Å². The minimum absolute atomic E-state index is 0.165. The zero-order valence-electron chi connectivity index (χ0n) is 8.16. The van der Waals surface area contributed by atoms with Crippen LogP contribution in [0.3, 0.4) is 0 Å². The van der Waals surface area contributed by atoms with Gasteiger partial charge < -0.3 is 9.84 Å². The second-order valence-corrected chi connectivity index (χ2v) is 3.79. The van der Waals surface area contributed by atoms with Crippen LogP contribution in [0, 0.1) is 0 Å². The van der Waals surface area contributed by atoms with Crippen LogP contribution in [0.4, 0.5) is 0 Å². The van der Waals surface area contributed by atoms with E-state index in [4.69, 9.17) is 9.84 Å². The summed E-state index contributed by atoms with van der Waals surface area (Å²) in [5.74, 6) is -0.117. The third-order valence-corrected chi connectivity index (χ3v) is 2.68. The van der Waals surface area contributed by atoms with Gasteiger partial charge in [-0.2, -0.15) is 0 Å². The van der Waals surface area contributed by atoms with E-state index >= 15 is 0 Å². The summed E-state index contributed by atoms with van der Waals surface area (Å²) >= 11 is 1.13. The SMILES string of the molecule is O=C(O)c1sccc1OCc1ncccn1. The van der Waals surface area contributed by atoms with Crippen LogP contribution >= 0.6 is 11.3 Å². The Morgan fingerprint density at radius 1 is 1.44 bits per heavy atom. The van der Waals surface area contributed by atoms with Crippen molar-refractivity contribution in [1.82, 2.24) is 9.97 Å². The van der Waals surface area contributed by atoms with Gasteiger partial charge in [0.15, 0.2) is 10.7 Å². The molecule has 0 bridgehead atoms. The van der Waals surface area contributed by atoms with E-state index in [1.54, 1.807) is 29.9 Å². The number of aromatic nitrogens is 2. The van der Waals surface area contributed by atoms with Crippen LogP contribution in [0.5, 0.6) is 5.75 Å². The van der Waals surface area contributed by atoms with Crippen molar-refractivity contribution >= 4 is 17.3 Å². The molecule has 6 heteroatoms. The number of thiophene rings is 1. The predicted molar refractivity (Wildman–Crippen MR) is 57.6 cm³/mol. The Morgan fingerprint density at radius 2 is 2.19 bits per heavy atom. The summed E-state index contributed by atoms with van der Waals surface area (Å²) in [5, 5.41) is 10.5. The van der Waals surface area contributed by atoms with E-state index in [1.807, 2.05) is 0 Å². The first kappa shape index (κ1) is 10.6. The fourth-order valence-corrected chi connectivity index (χ4v) is 1.79. The van der Waals surface area contributed by atoms with Crippen molar-refractivity contribution in [3.8, 4) is 5.75 Å². The lowest BCUT2D eigenvalue weighted by atomic mass is 10.4. The maximum atomic E-state index is 10.8. The largest absolute Gasteiger partial charge is 0.484 e. The fraction of sp³-hybridized carbons (Fsp3) is 0.100. The lowest BCUT2D eigenvalue weighted by Gasteiger charge is -2.03. The second-order valence-electron chi connectivity index (χ2n) is 2.87. The van der Waals surface area contributed by atoms with Gasteiger partial charge in [-0.05, 0) is 17.5 Å². The lowest BCUT2D eigenvalue weighted by molar-refractivity contribution is 0.0697. The van der Waals surface area contributed by atoms with Crippen LogP contribution < -0.4 is 4.74 Å². The zero-order chi connectivity index (χ0) is 11.4. The van der Waals surface area contributed by atoms with Gasteiger partial charge in [0.25, 0.3) is 0 Å². The topological polar surface area (TPSA) is 72.3 Å². The molecule has 2 rings (SSSR count). The fourth-order valence-electron chi connectivity index (χ4n) is 1.11. The molecule has 0 aliphatic heterocycles. The number of hydrogen-bond acceptors (Lipinski definition) is 5. The molecular weight excluding hydrogens is 228 g/mol. The molecule has 0 aromatic carbocycles. The second kappa shape index (κ2) is 4.71. The molecule has 0 atom stereocenters. The average molecular weight is 236 g/mol. The van der Waals surface area contributed by atoms with Crippen LogP contribution in [0.25, 0.3) is 0 Å². The van der Waals surface area contributed by atoms with E-state index in [1.165, 1.54) is 0 Å². The van der Waals surface area contributed by atoms with Crippen molar-refractivity contribution in [1.29, 1.82) is 0 Å². The Morgan fingerprint density at radius 3 is 2.88 bits per heavy atom. The van der Waals surface area contributed by atoms with Crippen LogP contribution in [0.15, 0.2) is 29.9 Å². The monoisotopic (exact) mass is 236 g/mol. The first-order valence-electron chi connectivity index (χ1n) is 4.47. The average Bonchev–Trinajstić information content (AvgIpc) is 2.76. The highest BCUT2D eigenvalue weighted by Gasteiger charge is 2.12. The molecule has 0 spiro atoms. The van der Waals surface area contributed by atoms with Gasteiger partial charge in [0.1, 0.15) is 12.4 Å². The molecule has 2 aromatic rings. The molecule has 5 nitrogen and oxygen atoms in total. The molecule has 1 N–H and O–H groups in total. The molecule has 2 heterocycles. The Bertz CT molecular complexity index is 484. The van der Waals surface area contributed by atoms with Crippen LogP contribution in [-0.4, -0.2) is 21.0 Å². The van der Waals surface area contributed by atoms with Gasteiger partial charge in [-0.3, -0.25) is 0 Å². The minimum atomic E-state index is -0.987. The van der Waals surface area contributed by atoms with E-state index in [2.05, 4.69) is 9.97 Å². The quantitative estimate of drug-likeness (QED) is 0.876. The van der Waals surface area contributed by atoms with E-state index < -0.39 is 5.97 Å². The number of hydrogen-bond donors (Lipinski definition) is 1. The summed E-state index contributed by atoms with van der Waals surface area (Å²) < 4.78 is 5.33. The standard InChI is InChI=1S/C10H8N2O3S/c13-10(14)9-7(2-5-16-9)15-6-8-11-3-1-4-12-8/h1-5H,6H2,(H,13,14). The third kappa shape index (κ3) is 2.34. The smallest absolute Gasteiger partial charge is 0.349 e. The van der Waals surface area contributed by atoms with Crippen LogP contribution in [-0.2, 0) is 6.61 Å². The normalized spacial score (nSPS) is 10.0. The summed E-state index contributed by atoms with van der Waals surface area (Å²) in [7, 11) is 0. The zero-order valence-corrected chi connectivity index (χ0v) is 8.98. The van der Waals surface area contributed by atoms with Gasteiger partial charge in [-0.15, -0.1) is 11.3 Å². The Hall–Kier alpha value is -1.95. The Kier molecular flexibility index (Phi) is 3.11. The number of nitrogens with zero attached hydrogens (tertiary/aromatic N) is 2. The summed E-state index contributed by atoms with van der Waals surface area (Å²) in [6.45, 7) is 0.165. The predicted octanol–water partition coefficient (Wildman–Crippen LogP) is 1.82. The molecule has 82 valence electrons. The van der Waals surface area contributed by atoms with Crippen molar-refractivity contribution in [3.05, 3.63) is 40.6 Å². The van der Waals surface area contributed by atoms with E-state index in [9.17, 15) is 4.79 Å². The highest BCUT2D eigenvalue weighted by atomic mass is 32.1. The van der Waals surface area contributed by atoms with Crippen molar-refractivity contribution in [2.75, 3.05) is 0 Å². The summed E-state index contributed by atoms with van der Waals surface area (Å²) in [5.41, 5.74) is 0. The highest BCUT2D eigenvalue weighted by molar-refractivity contribution is 7.12. The number of carboxylic acid groups (broad SMARTS) is 1. The first-order valence-corrected chi connectivity index (χ1v) is 5.35. The number of ether oxygens (including phenoxy) is 1. The lowest BCUT2D eigenvalue weighted by Crippen LogP contribution is -2.02. The molecular formula is C10H8N2O3S. The van der Waals surface area contributed by atoms with E-state index in [-0.39, 0.29) is 11.5 Å². The van der Waals surface area contributed by atoms with Gasteiger partial charge in [-0.1, -0.05) is 0 Å². The first-order chi connectivity index (χ1) is 7.77. The van der Waals surface area contributed by atoms with Crippen molar-refractivity contribution in [2.24, 2.45) is 0 Å². The van der Waals surface area contributed by atoms with Crippen LogP contribution in [0.1, 0.15) is 15.5 Å². The number of rotatable bonds is 4. The number of carbonyl (C=O) groups is 1. The van der Waals surface area contributed by atoms with Gasteiger partial charge in [0.2, 0.25) is 0 Å². The van der Waals surface area contributed by atoms with Gasteiger partial charge >= 0.3 is 5.97 Å². The molecule has 0 unspecified atom stereocenters. The molecule has 0 saturated heterocycles. The maximum absolute atomic E-state index is 10.8. The molecule has 0 radical (unpaired) electrons. The van der Waals surface area contributed by atoms with Gasteiger partial charge in [0.05, 0.1) is 0 Å². The van der Waals surface area contributed by atoms with Crippen molar-refractivity contribution < 1.29 is 14.6 Å². The molecule has 2 aromatic heterocycles. The molecule has 0 saturated carbocycles. The molecule has 16 heavy (non-hydrogen) atoms. The molecule has 0 aliphatic carbocycles. The van der Waals surface area contributed by atoms with E-state index in [0.717, 1.165) is 11.3 Å². The van der Waals surface area contributed by atoms with Crippen molar-refractivity contribution in [2.45, 2.75) is 6.61 Å². The number of aromatic carboxylic acids is 1. The summed E-state index contributed by atoms with van der Waals surface area (Å²) in [6, 6.07) is 3.33. The van der Waals surface area contributed by atoms with Gasteiger partial charge in [-0.25, -0.2) is 14.8 Å².